The summed E-state index contributed by atoms with van der Waals surface area (Å²) in [5.74, 6) is 0.116. The number of nitrogens with two attached hydrogens (primary N) is 1. The van der Waals surface area contributed by atoms with Crippen molar-refractivity contribution in [3.05, 3.63) is 35.4 Å². The van der Waals surface area contributed by atoms with Crippen molar-refractivity contribution in [1.29, 1.82) is 0 Å². The Morgan fingerprint density at radius 1 is 1.39 bits per heavy atom. The Kier molecular flexibility index (Phi) is 4.33. The Labute approximate surface area is 108 Å². The second-order valence-electron chi connectivity index (χ2n) is 4.99. The SMILES string of the molecule is CN(CC(=O)NC1CC1)Cc1ccccc1CN. The fraction of sp³-hybridized carbons (Fsp3) is 0.500. The van der Waals surface area contributed by atoms with Crippen molar-refractivity contribution < 1.29 is 4.79 Å². The molecular weight excluding hydrogens is 226 g/mol. The van der Waals surface area contributed by atoms with Crippen LogP contribution in [0.4, 0.5) is 0 Å². The molecule has 4 nitrogen and oxygen atoms in total. The molecule has 1 aromatic rings. The van der Waals surface area contributed by atoms with Crippen molar-refractivity contribution in [2.75, 3.05) is 13.6 Å². The van der Waals surface area contributed by atoms with Crippen LogP contribution in [0.1, 0.15) is 24.0 Å². The number of amides is 1. The third-order valence-corrected chi connectivity index (χ3v) is 3.13. The summed E-state index contributed by atoms with van der Waals surface area (Å²) in [7, 11) is 1.96. The van der Waals surface area contributed by atoms with E-state index in [1.54, 1.807) is 0 Å². The third kappa shape index (κ3) is 3.82. The average Bonchev–Trinajstić information content (AvgIpc) is 3.13. The fourth-order valence-electron chi connectivity index (χ4n) is 2.00. The lowest BCUT2D eigenvalue weighted by molar-refractivity contribution is -0.122. The standard InChI is InChI=1S/C14H21N3O/c1-17(10-14(18)16-13-6-7-13)9-12-5-3-2-4-11(12)8-15/h2-5,13H,6-10,15H2,1H3,(H,16,18). The fourth-order valence-corrected chi connectivity index (χ4v) is 2.00. The quantitative estimate of drug-likeness (QED) is 0.783. The molecule has 98 valence electrons. The molecule has 18 heavy (non-hydrogen) atoms. The molecule has 4 heteroatoms. The predicted molar refractivity (Wildman–Crippen MR) is 71.8 cm³/mol. The van der Waals surface area contributed by atoms with Gasteiger partial charge >= 0.3 is 0 Å². The van der Waals surface area contributed by atoms with Crippen LogP contribution in [-0.2, 0) is 17.9 Å². The van der Waals surface area contributed by atoms with Crippen molar-refractivity contribution in [3.63, 3.8) is 0 Å². The first-order valence-corrected chi connectivity index (χ1v) is 6.44. The van der Waals surface area contributed by atoms with Crippen LogP contribution in [0.5, 0.6) is 0 Å². The van der Waals surface area contributed by atoms with Crippen LogP contribution in [0, 0.1) is 0 Å². The van der Waals surface area contributed by atoms with Gasteiger partial charge in [-0.15, -0.1) is 0 Å². The summed E-state index contributed by atoms with van der Waals surface area (Å²) in [5.41, 5.74) is 8.05. The van der Waals surface area contributed by atoms with E-state index in [0.29, 0.717) is 19.1 Å². The molecule has 2 rings (SSSR count). The van der Waals surface area contributed by atoms with Gasteiger partial charge in [0.05, 0.1) is 6.54 Å². The van der Waals surface area contributed by atoms with Crippen molar-refractivity contribution in [3.8, 4) is 0 Å². The minimum atomic E-state index is 0.116. The molecule has 0 unspecified atom stereocenters. The third-order valence-electron chi connectivity index (χ3n) is 3.13. The Bertz CT molecular complexity index is 415. The summed E-state index contributed by atoms with van der Waals surface area (Å²) in [5, 5.41) is 2.99. The minimum Gasteiger partial charge on any atom is -0.352 e. The van der Waals surface area contributed by atoms with E-state index >= 15 is 0 Å². The molecule has 0 radical (unpaired) electrons. The van der Waals surface area contributed by atoms with E-state index in [4.69, 9.17) is 5.73 Å². The molecule has 0 spiro atoms. The van der Waals surface area contributed by atoms with E-state index < -0.39 is 0 Å². The summed E-state index contributed by atoms with van der Waals surface area (Å²) in [6.45, 7) is 1.74. The van der Waals surface area contributed by atoms with Crippen LogP contribution >= 0.6 is 0 Å². The number of hydrogen-bond donors (Lipinski definition) is 2. The summed E-state index contributed by atoms with van der Waals surface area (Å²) in [6, 6.07) is 8.53. The Hall–Kier alpha value is -1.39. The van der Waals surface area contributed by atoms with Crippen molar-refractivity contribution >= 4 is 5.91 Å². The van der Waals surface area contributed by atoms with E-state index in [-0.39, 0.29) is 5.91 Å². The normalized spacial score (nSPS) is 14.8. The highest BCUT2D eigenvalue weighted by molar-refractivity contribution is 5.78. The largest absolute Gasteiger partial charge is 0.352 e. The lowest BCUT2D eigenvalue weighted by atomic mass is 10.1. The molecule has 1 aliphatic rings. The van der Waals surface area contributed by atoms with Gasteiger partial charge in [0.2, 0.25) is 5.91 Å². The number of rotatable bonds is 6. The smallest absolute Gasteiger partial charge is 0.234 e. The molecule has 0 saturated heterocycles. The van der Waals surface area contributed by atoms with Crippen LogP contribution in [0.3, 0.4) is 0 Å². The van der Waals surface area contributed by atoms with Gasteiger partial charge in [0.1, 0.15) is 0 Å². The Morgan fingerprint density at radius 2 is 2.06 bits per heavy atom. The highest BCUT2D eigenvalue weighted by atomic mass is 16.2. The number of hydrogen-bond acceptors (Lipinski definition) is 3. The van der Waals surface area contributed by atoms with Gasteiger partial charge in [-0.05, 0) is 31.0 Å². The Morgan fingerprint density at radius 3 is 2.67 bits per heavy atom. The summed E-state index contributed by atoms with van der Waals surface area (Å²) in [4.78, 5) is 13.7. The number of likely N-dealkylation sites (N-methyl/N-ethyl adjacent to an activating group) is 1. The molecule has 1 aliphatic carbocycles. The van der Waals surface area contributed by atoms with Crippen LogP contribution in [0.15, 0.2) is 24.3 Å². The lowest BCUT2D eigenvalue weighted by Gasteiger charge is -2.18. The molecule has 1 fully saturated rings. The van der Waals surface area contributed by atoms with E-state index in [0.717, 1.165) is 24.9 Å². The zero-order valence-corrected chi connectivity index (χ0v) is 10.9. The molecule has 1 saturated carbocycles. The van der Waals surface area contributed by atoms with Gasteiger partial charge in [0.25, 0.3) is 0 Å². The lowest BCUT2D eigenvalue weighted by Crippen LogP contribution is -2.36. The molecule has 3 N–H and O–H groups in total. The number of carbonyl (C=O) groups excluding carboxylic acids is 1. The second-order valence-corrected chi connectivity index (χ2v) is 4.99. The maximum Gasteiger partial charge on any atom is 0.234 e. The monoisotopic (exact) mass is 247 g/mol. The second kappa shape index (κ2) is 5.98. The molecule has 1 aromatic carbocycles. The van der Waals surface area contributed by atoms with Gasteiger partial charge in [-0.3, -0.25) is 9.69 Å². The predicted octanol–water partition coefficient (Wildman–Crippen LogP) is 0.856. The van der Waals surface area contributed by atoms with E-state index in [9.17, 15) is 4.79 Å². The van der Waals surface area contributed by atoms with Crippen LogP contribution in [0.2, 0.25) is 0 Å². The maximum atomic E-state index is 11.7. The first kappa shape index (κ1) is 13.1. The van der Waals surface area contributed by atoms with E-state index in [1.165, 1.54) is 5.56 Å². The highest BCUT2D eigenvalue weighted by Gasteiger charge is 2.23. The first-order valence-electron chi connectivity index (χ1n) is 6.44. The maximum absolute atomic E-state index is 11.7. The molecule has 0 bridgehead atoms. The van der Waals surface area contributed by atoms with Gasteiger partial charge in [-0.25, -0.2) is 0 Å². The van der Waals surface area contributed by atoms with Gasteiger partial charge in [0.15, 0.2) is 0 Å². The van der Waals surface area contributed by atoms with Gasteiger partial charge in [-0.2, -0.15) is 0 Å². The highest BCUT2D eigenvalue weighted by Crippen LogP contribution is 2.18. The molecular formula is C14H21N3O. The van der Waals surface area contributed by atoms with Crippen LogP contribution in [-0.4, -0.2) is 30.4 Å². The van der Waals surface area contributed by atoms with Crippen LogP contribution < -0.4 is 11.1 Å². The molecule has 0 atom stereocenters. The summed E-state index contributed by atoms with van der Waals surface area (Å²) < 4.78 is 0. The minimum absolute atomic E-state index is 0.116. The number of carbonyl (C=O) groups is 1. The molecule has 0 aliphatic heterocycles. The van der Waals surface area contributed by atoms with Crippen molar-refractivity contribution in [1.82, 2.24) is 10.2 Å². The topological polar surface area (TPSA) is 58.4 Å². The zero-order valence-electron chi connectivity index (χ0n) is 10.9. The van der Waals surface area contributed by atoms with Gasteiger partial charge in [-0.1, -0.05) is 24.3 Å². The van der Waals surface area contributed by atoms with E-state index in [1.807, 2.05) is 30.1 Å². The van der Waals surface area contributed by atoms with Crippen molar-refractivity contribution in [2.24, 2.45) is 5.73 Å². The number of benzene rings is 1. The van der Waals surface area contributed by atoms with Crippen molar-refractivity contribution in [2.45, 2.75) is 32.0 Å². The van der Waals surface area contributed by atoms with Crippen LogP contribution in [0.25, 0.3) is 0 Å². The van der Waals surface area contributed by atoms with Gasteiger partial charge < -0.3 is 11.1 Å². The number of nitrogens with zero attached hydrogens (tertiary/aromatic N) is 1. The number of nitrogens with one attached hydrogen (secondary N) is 1. The van der Waals surface area contributed by atoms with Gasteiger partial charge in [0, 0.05) is 19.1 Å². The summed E-state index contributed by atoms with van der Waals surface area (Å²) in [6.07, 6.45) is 2.26. The first-order chi connectivity index (χ1) is 8.69. The molecule has 0 heterocycles. The van der Waals surface area contributed by atoms with E-state index in [2.05, 4.69) is 11.4 Å². The average molecular weight is 247 g/mol. The zero-order chi connectivity index (χ0) is 13.0. The molecule has 1 amide bonds. The molecule has 0 aromatic heterocycles. The summed E-state index contributed by atoms with van der Waals surface area (Å²) >= 11 is 0. The Balaban J connectivity index is 1.85.